The summed E-state index contributed by atoms with van der Waals surface area (Å²) in [5, 5.41) is 3.01. The van der Waals surface area contributed by atoms with E-state index in [1.165, 1.54) is 0 Å². The zero-order valence-corrected chi connectivity index (χ0v) is 14.3. The van der Waals surface area contributed by atoms with Crippen molar-refractivity contribution >= 4 is 11.9 Å². The summed E-state index contributed by atoms with van der Waals surface area (Å²) >= 11 is 0. The van der Waals surface area contributed by atoms with Crippen molar-refractivity contribution in [1.82, 2.24) is 15.1 Å². The van der Waals surface area contributed by atoms with E-state index >= 15 is 0 Å². The molecule has 3 aliphatic rings. The maximum absolute atomic E-state index is 12.4. The molecule has 7 nitrogen and oxygen atoms in total. The van der Waals surface area contributed by atoms with Gasteiger partial charge >= 0.3 is 6.03 Å². The fraction of sp³-hybridized carbons (Fsp3) is 0.556. The SMILES string of the molecule is COc1ccc(CN2C(=O)CO[C@H]3CN(C(=O)NC4CC4)C[C@@H]32)cc1. The number of amides is 3. The summed E-state index contributed by atoms with van der Waals surface area (Å²) in [4.78, 5) is 28.3. The zero-order chi connectivity index (χ0) is 17.4. The predicted octanol–water partition coefficient (Wildman–Crippen LogP) is 0.979. The van der Waals surface area contributed by atoms with Crippen LogP contribution in [0.1, 0.15) is 18.4 Å². The van der Waals surface area contributed by atoms with Crippen molar-refractivity contribution in [3.05, 3.63) is 29.8 Å². The van der Waals surface area contributed by atoms with E-state index < -0.39 is 0 Å². The molecule has 7 heteroatoms. The Hall–Kier alpha value is -2.28. The first kappa shape index (κ1) is 16.2. The minimum atomic E-state index is -0.110. The number of likely N-dealkylation sites (tertiary alicyclic amines) is 1. The summed E-state index contributed by atoms with van der Waals surface area (Å²) in [6.07, 6.45) is 2.01. The van der Waals surface area contributed by atoms with Gasteiger partial charge in [-0.15, -0.1) is 0 Å². The molecule has 2 saturated heterocycles. The first-order chi connectivity index (χ1) is 12.1. The highest BCUT2D eigenvalue weighted by Crippen LogP contribution is 2.27. The maximum atomic E-state index is 12.4. The molecule has 1 aromatic carbocycles. The molecule has 0 unspecified atom stereocenters. The molecule has 0 aromatic heterocycles. The van der Waals surface area contributed by atoms with Crippen molar-refractivity contribution in [3.8, 4) is 5.75 Å². The van der Waals surface area contributed by atoms with Gasteiger partial charge in [0.1, 0.15) is 12.4 Å². The Morgan fingerprint density at radius 1 is 1.28 bits per heavy atom. The second-order valence-corrected chi connectivity index (χ2v) is 6.92. The number of carbonyl (C=O) groups excluding carboxylic acids is 2. The summed E-state index contributed by atoms with van der Waals surface area (Å²) < 4.78 is 10.9. The summed E-state index contributed by atoms with van der Waals surface area (Å²) in [5.41, 5.74) is 1.04. The lowest BCUT2D eigenvalue weighted by Crippen LogP contribution is -2.53. The minimum absolute atomic E-state index is 0.0264. The van der Waals surface area contributed by atoms with Crippen molar-refractivity contribution in [2.45, 2.75) is 37.6 Å². The smallest absolute Gasteiger partial charge is 0.317 e. The van der Waals surface area contributed by atoms with Gasteiger partial charge in [-0.1, -0.05) is 12.1 Å². The summed E-state index contributed by atoms with van der Waals surface area (Å²) in [7, 11) is 1.63. The first-order valence-electron chi connectivity index (χ1n) is 8.73. The maximum Gasteiger partial charge on any atom is 0.317 e. The summed E-state index contributed by atoms with van der Waals surface area (Å²) in [5.74, 6) is 0.764. The van der Waals surface area contributed by atoms with Gasteiger partial charge in [0.2, 0.25) is 5.91 Å². The van der Waals surface area contributed by atoms with Crippen LogP contribution in [0.3, 0.4) is 0 Å². The van der Waals surface area contributed by atoms with E-state index in [0.29, 0.717) is 25.7 Å². The molecule has 2 heterocycles. The van der Waals surface area contributed by atoms with Crippen molar-refractivity contribution < 1.29 is 19.1 Å². The molecule has 3 amide bonds. The molecule has 1 aliphatic carbocycles. The van der Waals surface area contributed by atoms with E-state index in [9.17, 15) is 9.59 Å². The lowest BCUT2D eigenvalue weighted by Gasteiger charge is -2.36. The van der Waals surface area contributed by atoms with E-state index in [4.69, 9.17) is 9.47 Å². The Labute approximate surface area is 146 Å². The third kappa shape index (κ3) is 3.42. The van der Waals surface area contributed by atoms with Gasteiger partial charge in [0.05, 0.1) is 25.8 Å². The number of fused-ring (bicyclic) bond motifs is 1. The standard InChI is InChI=1S/C18H23N3O4/c1-24-14-6-2-12(3-7-14)8-21-15-9-20(18(23)19-13-4-5-13)10-16(15)25-11-17(21)22/h2-3,6-7,13,15-16H,4-5,8-11H2,1H3,(H,19,23)/t15-,16-/m0/s1. The van der Waals surface area contributed by atoms with Gasteiger partial charge in [-0.05, 0) is 30.5 Å². The van der Waals surface area contributed by atoms with Crippen LogP contribution in [0, 0.1) is 0 Å². The van der Waals surface area contributed by atoms with Crippen molar-refractivity contribution in [3.63, 3.8) is 0 Å². The van der Waals surface area contributed by atoms with Crippen LogP contribution in [0.4, 0.5) is 4.79 Å². The molecule has 0 bridgehead atoms. The third-order valence-electron chi connectivity index (χ3n) is 5.08. The van der Waals surface area contributed by atoms with Crippen LogP contribution in [0.25, 0.3) is 0 Å². The Morgan fingerprint density at radius 2 is 2.04 bits per heavy atom. The van der Waals surface area contributed by atoms with Crippen LogP contribution in [-0.4, -0.2) is 66.7 Å². The number of nitrogens with zero attached hydrogens (tertiary/aromatic N) is 2. The number of urea groups is 1. The monoisotopic (exact) mass is 345 g/mol. The number of nitrogens with one attached hydrogen (secondary N) is 1. The topological polar surface area (TPSA) is 71.1 Å². The highest BCUT2D eigenvalue weighted by Gasteiger charge is 2.45. The average molecular weight is 345 g/mol. The van der Waals surface area contributed by atoms with Gasteiger partial charge < -0.3 is 24.6 Å². The van der Waals surface area contributed by atoms with Crippen molar-refractivity contribution in [2.24, 2.45) is 0 Å². The Bertz CT molecular complexity index is 659. The number of methoxy groups -OCH3 is 1. The van der Waals surface area contributed by atoms with Crippen LogP contribution in [0.2, 0.25) is 0 Å². The molecule has 2 atom stereocenters. The van der Waals surface area contributed by atoms with Gasteiger partial charge in [0, 0.05) is 19.1 Å². The molecule has 3 fully saturated rings. The Morgan fingerprint density at radius 3 is 2.72 bits per heavy atom. The number of ether oxygens (including phenoxy) is 2. The van der Waals surface area contributed by atoms with E-state index in [-0.39, 0.29) is 30.7 Å². The lowest BCUT2D eigenvalue weighted by atomic mass is 10.1. The lowest BCUT2D eigenvalue weighted by molar-refractivity contribution is -0.153. The Kier molecular flexibility index (Phi) is 4.25. The van der Waals surface area contributed by atoms with Crippen molar-refractivity contribution in [1.29, 1.82) is 0 Å². The van der Waals surface area contributed by atoms with E-state index in [0.717, 1.165) is 24.2 Å². The molecule has 134 valence electrons. The first-order valence-corrected chi connectivity index (χ1v) is 8.73. The van der Waals surface area contributed by atoms with Gasteiger partial charge in [-0.25, -0.2) is 4.79 Å². The van der Waals surface area contributed by atoms with E-state index in [2.05, 4.69) is 5.32 Å². The van der Waals surface area contributed by atoms with E-state index in [1.807, 2.05) is 29.2 Å². The second-order valence-electron chi connectivity index (χ2n) is 6.92. The van der Waals surface area contributed by atoms with Gasteiger partial charge in [-0.2, -0.15) is 0 Å². The second kappa shape index (κ2) is 6.55. The van der Waals surface area contributed by atoms with Gasteiger partial charge in [0.25, 0.3) is 0 Å². The normalized spacial score (nSPS) is 25.7. The highest BCUT2D eigenvalue weighted by atomic mass is 16.5. The van der Waals surface area contributed by atoms with Crippen LogP contribution in [-0.2, 0) is 16.1 Å². The fourth-order valence-electron chi connectivity index (χ4n) is 3.46. The molecule has 0 spiro atoms. The third-order valence-corrected chi connectivity index (χ3v) is 5.08. The summed E-state index contributed by atoms with van der Waals surface area (Å²) in [6, 6.07) is 7.90. The molecular formula is C18H23N3O4. The minimum Gasteiger partial charge on any atom is -0.497 e. The summed E-state index contributed by atoms with van der Waals surface area (Å²) in [6.45, 7) is 1.65. The predicted molar refractivity (Wildman–Crippen MR) is 90.2 cm³/mol. The average Bonchev–Trinajstić information content (AvgIpc) is 3.33. The largest absolute Gasteiger partial charge is 0.497 e. The number of carbonyl (C=O) groups is 2. The van der Waals surface area contributed by atoms with Crippen molar-refractivity contribution in [2.75, 3.05) is 26.8 Å². The molecule has 0 radical (unpaired) electrons. The van der Waals surface area contributed by atoms with Crippen LogP contribution in [0.5, 0.6) is 5.75 Å². The molecule has 2 aliphatic heterocycles. The quantitative estimate of drug-likeness (QED) is 0.883. The highest BCUT2D eigenvalue weighted by molar-refractivity contribution is 5.80. The molecule has 1 N–H and O–H groups in total. The molecule has 25 heavy (non-hydrogen) atoms. The zero-order valence-electron chi connectivity index (χ0n) is 14.3. The number of hydrogen-bond acceptors (Lipinski definition) is 4. The molecule has 1 aromatic rings. The Balaban J connectivity index is 1.44. The van der Waals surface area contributed by atoms with Crippen LogP contribution < -0.4 is 10.1 Å². The van der Waals surface area contributed by atoms with Gasteiger partial charge in [-0.3, -0.25) is 4.79 Å². The molecular weight excluding hydrogens is 322 g/mol. The number of benzene rings is 1. The fourth-order valence-corrected chi connectivity index (χ4v) is 3.46. The van der Waals surface area contributed by atoms with E-state index in [1.54, 1.807) is 12.0 Å². The van der Waals surface area contributed by atoms with Crippen LogP contribution in [0.15, 0.2) is 24.3 Å². The van der Waals surface area contributed by atoms with Gasteiger partial charge in [0.15, 0.2) is 0 Å². The molecule has 4 rings (SSSR count). The van der Waals surface area contributed by atoms with Crippen LogP contribution >= 0.6 is 0 Å². The number of hydrogen-bond donors (Lipinski definition) is 1. The molecule has 1 saturated carbocycles. The number of morpholine rings is 1. The number of rotatable bonds is 4.